The van der Waals surface area contributed by atoms with Gasteiger partial charge in [0.15, 0.2) is 5.16 Å². The summed E-state index contributed by atoms with van der Waals surface area (Å²) in [7, 11) is 0. The van der Waals surface area contributed by atoms with Crippen molar-refractivity contribution in [1.82, 2.24) is 9.55 Å². The van der Waals surface area contributed by atoms with Gasteiger partial charge in [0.2, 0.25) is 5.91 Å². The molecule has 0 bridgehead atoms. The molecule has 6 rings (SSSR count). The number of carbonyl (C=O) groups is 1. The van der Waals surface area contributed by atoms with Crippen molar-refractivity contribution in [3.05, 3.63) is 79.0 Å². The van der Waals surface area contributed by atoms with E-state index in [2.05, 4.69) is 45.2 Å². The molecule has 0 saturated heterocycles. The molecule has 3 aromatic carbocycles. The summed E-state index contributed by atoms with van der Waals surface area (Å²) in [5, 5.41) is 4.18. The molecule has 33 heavy (non-hydrogen) atoms. The highest BCUT2D eigenvalue weighted by molar-refractivity contribution is 7.99. The number of thioether (sulfide) groups is 1. The molecule has 1 unspecified atom stereocenters. The van der Waals surface area contributed by atoms with Crippen molar-refractivity contribution in [1.29, 1.82) is 0 Å². The summed E-state index contributed by atoms with van der Waals surface area (Å²) in [4.78, 5) is 22.5. The summed E-state index contributed by atoms with van der Waals surface area (Å²) < 4.78 is 2.20. The fourth-order valence-corrected chi connectivity index (χ4v) is 6.30. The van der Waals surface area contributed by atoms with E-state index in [1.54, 1.807) is 23.5 Å². The van der Waals surface area contributed by atoms with Gasteiger partial charge in [-0.3, -0.25) is 4.79 Å². The molecule has 3 heterocycles. The summed E-state index contributed by atoms with van der Waals surface area (Å²) in [6.07, 6.45) is 2.11. The molecular formula is C26H22N4OS2. The van der Waals surface area contributed by atoms with Gasteiger partial charge in [-0.2, -0.15) is 0 Å². The van der Waals surface area contributed by atoms with Crippen LogP contribution in [0, 0.1) is 0 Å². The van der Waals surface area contributed by atoms with Gasteiger partial charge in [-0.15, -0.1) is 0 Å². The van der Waals surface area contributed by atoms with Crippen LogP contribution in [0.1, 0.15) is 6.92 Å². The number of nitrogens with one attached hydrogen (secondary N) is 1. The Kier molecular flexibility index (Phi) is 5.15. The van der Waals surface area contributed by atoms with E-state index in [4.69, 9.17) is 4.98 Å². The Bertz CT molecular complexity index is 1280. The summed E-state index contributed by atoms with van der Waals surface area (Å²) in [5.74, 6) is 1.05. The lowest BCUT2D eigenvalue weighted by atomic mass is 10.1. The zero-order valence-corrected chi connectivity index (χ0v) is 19.7. The summed E-state index contributed by atoms with van der Waals surface area (Å²) in [6, 6.07) is 24.1. The van der Waals surface area contributed by atoms with Gasteiger partial charge in [0, 0.05) is 39.5 Å². The molecule has 2 aliphatic rings. The monoisotopic (exact) mass is 470 g/mol. The Hall–Kier alpha value is -3.16. The van der Waals surface area contributed by atoms with Crippen molar-refractivity contribution in [2.75, 3.05) is 16.0 Å². The lowest BCUT2D eigenvalue weighted by molar-refractivity contribution is -0.117. The second-order valence-corrected chi connectivity index (χ2v) is 10.2. The third-order valence-electron chi connectivity index (χ3n) is 5.99. The van der Waals surface area contributed by atoms with E-state index in [0.29, 0.717) is 0 Å². The highest BCUT2D eigenvalue weighted by Crippen LogP contribution is 2.48. The van der Waals surface area contributed by atoms with Crippen LogP contribution in [0.5, 0.6) is 0 Å². The first-order chi connectivity index (χ1) is 16.2. The maximum atomic E-state index is 13.3. The average Bonchev–Trinajstić information content (AvgIpc) is 3.45. The van der Waals surface area contributed by atoms with Crippen LogP contribution >= 0.6 is 23.5 Å². The minimum Gasteiger partial charge on any atom is -0.327 e. The van der Waals surface area contributed by atoms with Crippen LogP contribution in [0.15, 0.2) is 93.9 Å². The predicted octanol–water partition coefficient (Wildman–Crippen LogP) is 6.29. The van der Waals surface area contributed by atoms with Crippen LogP contribution in [0.4, 0.5) is 17.1 Å². The Morgan fingerprint density at radius 2 is 1.64 bits per heavy atom. The first-order valence-electron chi connectivity index (χ1n) is 10.9. The lowest BCUT2D eigenvalue weighted by Crippen LogP contribution is -2.40. The van der Waals surface area contributed by atoms with Crippen LogP contribution < -0.4 is 10.2 Å². The molecule has 1 amide bonds. The number of anilines is 3. The van der Waals surface area contributed by atoms with Crippen molar-refractivity contribution in [3.63, 3.8) is 0 Å². The number of hydrogen-bond acceptors (Lipinski definition) is 5. The average molecular weight is 471 g/mol. The number of carbonyl (C=O) groups excluding carboxylic acids is 1. The predicted molar refractivity (Wildman–Crippen MR) is 136 cm³/mol. The van der Waals surface area contributed by atoms with E-state index < -0.39 is 0 Å². The van der Waals surface area contributed by atoms with E-state index in [0.717, 1.165) is 55.6 Å². The number of aromatic nitrogens is 2. The Morgan fingerprint density at radius 1 is 0.970 bits per heavy atom. The molecule has 2 aliphatic heterocycles. The van der Waals surface area contributed by atoms with E-state index in [1.165, 1.54) is 0 Å². The standard InChI is InChI=1S/C26H22N4OS2/c1-17(30-21-6-2-4-8-23(21)33-24-9-5-3-7-22(24)30)25(31)27-19-12-10-18(11-13-19)20-16-29-14-15-32-26(29)28-20/h2-13,16-17H,14-15H2,1H3,(H,27,31). The first-order valence-corrected chi connectivity index (χ1v) is 12.7. The zero-order chi connectivity index (χ0) is 22.4. The molecule has 164 valence electrons. The van der Waals surface area contributed by atoms with E-state index in [1.807, 2.05) is 55.5 Å². The van der Waals surface area contributed by atoms with Crippen molar-refractivity contribution in [2.45, 2.75) is 34.5 Å². The molecule has 7 heteroatoms. The molecule has 1 N–H and O–H groups in total. The molecule has 4 aromatic rings. The number of nitrogens with zero attached hydrogens (tertiary/aromatic N) is 3. The number of rotatable bonds is 4. The van der Waals surface area contributed by atoms with Crippen LogP contribution in [0.25, 0.3) is 11.3 Å². The van der Waals surface area contributed by atoms with Crippen molar-refractivity contribution in [3.8, 4) is 11.3 Å². The van der Waals surface area contributed by atoms with Gasteiger partial charge in [0.05, 0.1) is 17.1 Å². The maximum absolute atomic E-state index is 13.3. The van der Waals surface area contributed by atoms with Crippen LogP contribution in [-0.2, 0) is 11.3 Å². The molecule has 0 fully saturated rings. The van der Waals surface area contributed by atoms with E-state index >= 15 is 0 Å². The molecule has 1 aromatic heterocycles. The van der Waals surface area contributed by atoms with Crippen molar-refractivity contribution in [2.24, 2.45) is 0 Å². The van der Waals surface area contributed by atoms with E-state index in [-0.39, 0.29) is 11.9 Å². The second-order valence-electron chi connectivity index (χ2n) is 8.10. The third kappa shape index (κ3) is 3.71. The molecule has 0 aliphatic carbocycles. The normalized spacial score (nSPS) is 14.9. The Morgan fingerprint density at radius 3 is 2.30 bits per heavy atom. The van der Waals surface area contributed by atoms with E-state index in [9.17, 15) is 4.79 Å². The largest absolute Gasteiger partial charge is 0.327 e. The van der Waals surface area contributed by atoms with Gasteiger partial charge in [0.1, 0.15) is 6.04 Å². The van der Waals surface area contributed by atoms with Gasteiger partial charge in [0.25, 0.3) is 0 Å². The molecular weight excluding hydrogens is 448 g/mol. The van der Waals surface area contributed by atoms with Gasteiger partial charge >= 0.3 is 0 Å². The number of hydrogen-bond donors (Lipinski definition) is 1. The quantitative estimate of drug-likeness (QED) is 0.380. The fraction of sp³-hybridized carbons (Fsp3) is 0.154. The van der Waals surface area contributed by atoms with Gasteiger partial charge in [-0.05, 0) is 43.3 Å². The minimum absolute atomic E-state index is 0.0448. The second kappa shape index (κ2) is 8.32. The molecule has 0 saturated carbocycles. The zero-order valence-electron chi connectivity index (χ0n) is 18.1. The lowest BCUT2D eigenvalue weighted by Gasteiger charge is -2.36. The fourth-order valence-electron chi connectivity index (χ4n) is 4.29. The van der Waals surface area contributed by atoms with Crippen molar-refractivity contribution >= 4 is 46.5 Å². The number of imidazole rings is 1. The summed E-state index contributed by atoms with van der Waals surface area (Å²) >= 11 is 3.54. The van der Waals surface area contributed by atoms with Gasteiger partial charge in [-0.25, -0.2) is 4.98 Å². The Balaban J connectivity index is 1.23. The number of fused-ring (bicyclic) bond motifs is 3. The maximum Gasteiger partial charge on any atom is 0.247 e. The molecule has 0 spiro atoms. The highest BCUT2D eigenvalue weighted by atomic mass is 32.2. The number of aryl methyl sites for hydroxylation is 1. The summed E-state index contributed by atoms with van der Waals surface area (Å²) in [5.41, 5.74) is 4.93. The topological polar surface area (TPSA) is 50.2 Å². The van der Waals surface area contributed by atoms with Gasteiger partial charge < -0.3 is 14.8 Å². The van der Waals surface area contributed by atoms with Crippen LogP contribution in [0.2, 0.25) is 0 Å². The summed E-state index contributed by atoms with van der Waals surface area (Å²) in [6.45, 7) is 2.97. The molecule has 1 atom stereocenters. The van der Waals surface area contributed by atoms with Gasteiger partial charge in [-0.1, -0.05) is 59.9 Å². The van der Waals surface area contributed by atoms with Crippen LogP contribution in [-0.4, -0.2) is 27.3 Å². The van der Waals surface area contributed by atoms with Crippen molar-refractivity contribution < 1.29 is 4.79 Å². The molecule has 5 nitrogen and oxygen atoms in total. The first kappa shape index (κ1) is 20.4. The molecule has 0 radical (unpaired) electrons. The highest BCUT2D eigenvalue weighted by Gasteiger charge is 2.30. The number of amides is 1. The van der Waals surface area contributed by atoms with Crippen LogP contribution in [0.3, 0.4) is 0 Å². The SMILES string of the molecule is CC(C(=O)Nc1ccc(-c2cn3c(n2)SCC3)cc1)N1c2ccccc2Sc2ccccc21. The Labute approximate surface area is 201 Å². The minimum atomic E-state index is -0.374. The number of para-hydroxylation sites is 2. The smallest absolute Gasteiger partial charge is 0.247 e. The number of benzene rings is 3. The third-order valence-corrected chi connectivity index (χ3v) is 8.09.